The highest BCUT2D eigenvalue weighted by molar-refractivity contribution is 5.77. The first-order valence-corrected chi connectivity index (χ1v) is 8.83. The van der Waals surface area contributed by atoms with Crippen LogP contribution >= 0.6 is 0 Å². The molecule has 0 aliphatic rings. The van der Waals surface area contributed by atoms with Crippen LogP contribution in [-0.4, -0.2) is 34.0 Å². The van der Waals surface area contributed by atoms with Crippen molar-refractivity contribution in [3.63, 3.8) is 0 Å². The lowest BCUT2D eigenvalue weighted by atomic mass is 10.0. The van der Waals surface area contributed by atoms with Crippen LogP contribution in [-0.2, 0) is 17.8 Å². The summed E-state index contributed by atoms with van der Waals surface area (Å²) in [6, 6.07) is 17.5. The first-order valence-electron chi connectivity index (χ1n) is 8.83. The Labute approximate surface area is 162 Å². The van der Waals surface area contributed by atoms with Crippen molar-refractivity contribution in [1.29, 1.82) is 0 Å². The molecule has 0 spiro atoms. The predicted octanol–water partition coefficient (Wildman–Crippen LogP) is 3.91. The number of carbonyl (C=O) groups is 1. The van der Waals surface area contributed by atoms with Gasteiger partial charge in [0.1, 0.15) is 11.6 Å². The summed E-state index contributed by atoms with van der Waals surface area (Å²) in [5, 5.41) is 0. The van der Waals surface area contributed by atoms with Crippen molar-refractivity contribution < 1.29 is 18.3 Å². The van der Waals surface area contributed by atoms with E-state index in [4.69, 9.17) is 4.74 Å². The van der Waals surface area contributed by atoms with Crippen molar-refractivity contribution >= 4 is 5.91 Å². The molecule has 28 heavy (non-hydrogen) atoms. The van der Waals surface area contributed by atoms with Crippen LogP contribution in [0.25, 0.3) is 0 Å². The summed E-state index contributed by atoms with van der Waals surface area (Å²) >= 11 is 0. The third kappa shape index (κ3) is 4.94. The van der Waals surface area contributed by atoms with E-state index in [1.165, 1.54) is 24.3 Å². The fourth-order valence-corrected chi connectivity index (χ4v) is 2.80. The summed E-state index contributed by atoms with van der Waals surface area (Å²) < 4.78 is 32.3. The highest BCUT2D eigenvalue weighted by Crippen LogP contribution is 2.21. The van der Waals surface area contributed by atoms with Crippen molar-refractivity contribution in [1.82, 2.24) is 14.5 Å². The first-order chi connectivity index (χ1) is 13.5. The number of nitrogens with zero attached hydrogens (tertiary/aromatic N) is 3. The summed E-state index contributed by atoms with van der Waals surface area (Å²) in [5.41, 5.74) is 2.11. The van der Waals surface area contributed by atoms with Gasteiger partial charge in [-0.2, -0.15) is 8.78 Å². The predicted molar refractivity (Wildman–Crippen MR) is 101 cm³/mol. The van der Waals surface area contributed by atoms with E-state index in [0.717, 1.165) is 15.7 Å². The second-order valence-corrected chi connectivity index (χ2v) is 6.34. The third-order valence-corrected chi connectivity index (χ3v) is 4.32. The maximum atomic E-state index is 12.9. The zero-order valence-corrected chi connectivity index (χ0v) is 15.5. The molecule has 3 aromatic rings. The van der Waals surface area contributed by atoms with Crippen molar-refractivity contribution in [3.8, 4) is 5.75 Å². The molecule has 0 saturated heterocycles. The number of aromatic nitrogens is 2. The van der Waals surface area contributed by atoms with Crippen LogP contribution in [0.3, 0.4) is 0 Å². The maximum Gasteiger partial charge on any atom is 0.319 e. The fourth-order valence-electron chi connectivity index (χ4n) is 2.80. The van der Waals surface area contributed by atoms with E-state index in [0.29, 0.717) is 12.2 Å². The van der Waals surface area contributed by atoms with E-state index in [1.807, 2.05) is 54.6 Å². The molecular formula is C21H21F2N3O2. The van der Waals surface area contributed by atoms with Gasteiger partial charge in [-0.05, 0) is 17.2 Å². The summed E-state index contributed by atoms with van der Waals surface area (Å²) in [6.07, 6.45) is 3.16. The number of amides is 1. The van der Waals surface area contributed by atoms with Gasteiger partial charge in [0, 0.05) is 25.9 Å². The zero-order valence-electron chi connectivity index (χ0n) is 15.5. The second-order valence-electron chi connectivity index (χ2n) is 6.34. The number of hydrogen-bond acceptors (Lipinski definition) is 3. The molecule has 0 atom stereocenters. The molecule has 1 aromatic heterocycles. The molecule has 0 unspecified atom stereocenters. The minimum Gasteiger partial charge on any atom is -0.483 e. The van der Waals surface area contributed by atoms with Crippen LogP contribution in [0.15, 0.2) is 67.0 Å². The average Bonchev–Trinajstić information content (AvgIpc) is 3.16. The number of benzene rings is 2. The number of alkyl halides is 2. The smallest absolute Gasteiger partial charge is 0.319 e. The quantitative estimate of drug-likeness (QED) is 0.591. The summed E-state index contributed by atoms with van der Waals surface area (Å²) in [5.74, 6) is 0.427. The SMILES string of the molecule is CN(Cc1nccn1C(F)F)C(=O)COc1ccccc1Cc1ccccc1. The van der Waals surface area contributed by atoms with Gasteiger partial charge in [0.05, 0.1) is 6.54 Å². The molecule has 0 fully saturated rings. The standard InChI is InChI=1S/C21H21F2N3O2/c1-25(14-19-24-11-12-26(19)21(22)23)20(27)15-28-18-10-6-5-9-17(18)13-16-7-3-2-4-8-16/h2-12,21H,13-15H2,1H3. The topological polar surface area (TPSA) is 47.4 Å². The average molecular weight is 385 g/mol. The van der Waals surface area contributed by atoms with Gasteiger partial charge in [-0.3, -0.25) is 9.36 Å². The Morgan fingerprint density at radius 2 is 1.86 bits per heavy atom. The van der Waals surface area contributed by atoms with Crippen LogP contribution in [0, 0.1) is 0 Å². The summed E-state index contributed by atoms with van der Waals surface area (Å²) in [6.45, 7) is -2.90. The Balaban J connectivity index is 1.60. The number of hydrogen-bond donors (Lipinski definition) is 0. The molecule has 0 aliphatic carbocycles. The number of rotatable bonds is 8. The van der Waals surface area contributed by atoms with E-state index in [1.54, 1.807) is 0 Å². The molecule has 2 aromatic carbocycles. The van der Waals surface area contributed by atoms with E-state index in [2.05, 4.69) is 4.98 Å². The molecule has 146 valence electrons. The Bertz CT molecular complexity index is 913. The van der Waals surface area contributed by atoms with E-state index in [9.17, 15) is 13.6 Å². The first kappa shape index (κ1) is 19.5. The zero-order chi connectivity index (χ0) is 19.9. The lowest BCUT2D eigenvalue weighted by Gasteiger charge is -2.18. The van der Waals surface area contributed by atoms with Crippen LogP contribution in [0.4, 0.5) is 8.78 Å². The molecule has 0 aliphatic heterocycles. The van der Waals surface area contributed by atoms with Crippen molar-refractivity contribution in [2.75, 3.05) is 13.7 Å². The number of halogens is 2. The van der Waals surface area contributed by atoms with Crippen molar-refractivity contribution in [2.45, 2.75) is 19.5 Å². The summed E-state index contributed by atoms with van der Waals surface area (Å²) in [4.78, 5) is 17.6. The van der Waals surface area contributed by atoms with Crippen LogP contribution < -0.4 is 4.74 Å². The van der Waals surface area contributed by atoms with Gasteiger partial charge in [-0.1, -0.05) is 48.5 Å². The minimum atomic E-state index is -2.69. The van der Waals surface area contributed by atoms with Gasteiger partial charge in [0.2, 0.25) is 0 Å². The van der Waals surface area contributed by atoms with Crippen LogP contribution in [0.2, 0.25) is 0 Å². The molecule has 7 heteroatoms. The van der Waals surface area contributed by atoms with Gasteiger partial charge < -0.3 is 9.64 Å². The number of likely N-dealkylation sites (N-methyl/N-ethyl adjacent to an activating group) is 1. The highest BCUT2D eigenvalue weighted by atomic mass is 19.3. The molecule has 5 nitrogen and oxygen atoms in total. The lowest BCUT2D eigenvalue weighted by molar-refractivity contribution is -0.132. The molecule has 0 saturated carbocycles. The molecule has 0 radical (unpaired) electrons. The Kier molecular flexibility index (Phi) is 6.37. The molecular weight excluding hydrogens is 364 g/mol. The Hall–Kier alpha value is -3.22. The number of carbonyl (C=O) groups excluding carboxylic acids is 1. The molecule has 0 N–H and O–H groups in total. The number of ether oxygens (including phenoxy) is 1. The minimum absolute atomic E-state index is 0.0226. The molecule has 1 amide bonds. The van der Waals surface area contributed by atoms with Crippen LogP contribution in [0.5, 0.6) is 5.75 Å². The fraction of sp³-hybridized carbons (Fsp3) is 0.238. The molecule has 3 rings (SSSR count). The van der Waals surface area contributed by atoms with E-state index in [-0.39, 0.29) is 24.9 Å². The van der Waals surface area contributed by atoms with Crippen molar-refractivity contribution in [2.24, 2.45) is 0 Å². The van der Waals surface area contributed by atoms with Gasteiger partial charge in [-0.25, -0.2) is 4.98 Å². The van der Waals surface area contributed by atoms with Gasteiger partial charge in [0.15, 0.2) is 6.61 Å². The Morgan fingerprint density at radius 1 is 1.14 bits per heavy atom. The van der Waals surface area contributed by atoms with E-state index < -0.39 is 6.55 Å². The highest BCUT2D eigenvalue weighted by Gasteiger charge is 2.17. The van der Waals surface area contributed by atoms with Gasteiger partial charge >= 0.3 is 6.55 Å². The molecule has 1 heterocycles. The lowest BCUT2D eigenvalue weighted by Crippen LogP contribution is -2.32. The normalized spacial score (nSPS) is 10.9. The van der Waals surface area contributed by atoms with Crippen molar-refractivity contribution in [3.05, 3.63) is 83.9 Å². The monoisotopic (exact) mass is 385 g/mol. The number of imidazole rings is 1. The van der Waals surface area contributed by atoms with Crippen LogP contribution in [0.1, 0.15) is 23.5 Å². The maximum absolute atomic E-state index is 12.9. The largest absolute Gasteiger partial charge is 0.483 e. The van der Waals surface area contributed by atoms with Gasteiger partial charge in [0.25, 0.3) is 5.91 Å². The third-order valence-electron chi connectivity index (χ3n) is 4.32. The Morgan fingerprint density at radius 3 is 2.61 bits per heavy atom. The molecule has 0 bridgehead atoms. The van der Waals surface area contributed by atoms with E-state index >= 15 is 0 Å². The number of para-hydroxylation sites is 1. The van der Waals surface area contributed by atoms with Gasteiger partial charge in [-0.15, -0.1) is 0 Å². The second kappa shape index (κ2) is 9.12. The summed E-state index contributed by atoms with van der Waals surface area (Å²) in [7, 11) is 1.53.